The number of piperidine rings is 1. The zero-order chi connectivity index (χ0) is 19.0. The topological polar surface area (TPSA) is 62.5 Å². The van der Waals surface area contributed by atoms with Crippen LogP contribution in [0.1, 0.15) is 34.3 Å². The van der Waals surface area contributed by atoms with Crippen LogP contribution in [0.3, 0.4) is 0 Å². The van der Waals surface area contributed by atoms with E-state index in [-0.39, 0.29) is 29.4 Å². The molecule has 1 aromatic heterocycles. The lowest BCUT2D eigenvalue weighted by atomic mass is 9.83. The van der Waals surface area contributed by atoms with Gasteiger partial charge in [0.2, 0.25) is 0 Å². The lowest BCUT2D eigenvalue weighted by Crippen LogP contribution is -2.51. The van der Waals surface area contributed by atoms with Crippen molar-refractivity contribution in [1.29, 1.82) is 0 Å². The van der Waals surface area contributed by atoms with Crippen molar-refractivity contribution in [3.05, 3.63) is 69.6 Å². The third-order valence-electron chi connectivity index (χ3n) is 6.18. The average Bonchev–Trinajstić information content (AvgIpc) is 2.69. The second-order valence-electron chi connectivity index (χ2n) is 7.85. The number of rotatable bonds is 3. The van der Waals surface area contributed by atoms with Crippen LogP contribution in [0.4, 0.5) is 0 Å². The number of likely N-dealkylation sites (tertiary alicyclic amines) is 1. The first-order valence-electron chi connectivity index (χ1n) is 9.72. The number of nitrogens with zero attached hydrogens (tertiary/aromatic N) is 2. The van der Waals surface area contributed by atoms with Crippen molar-refractivity contribution in [2.45, 2.75) is 37.8 Å². The number of hydrogen-bond acceptors (Lipinski definition) is 4. The van der Waals surface area contributed by atoms with Crippen molar-refractivity contribution in [3.8, 4) is 0 Å². The minimum atomic E-state index is -0.357. The number of carbonyl (C=O) groups is 1. The molecule has 2 aromatic rings. The molecule has 2 atom stereocenters. The van der Waals surface area contributed by atoms with Crippen molar-refractivity contribution in [2.75, 3.05) is 13.1 Å². The highest BCUT2D eigenvalue weighted by Gasteiger charge is 2.35. The van der Waals surface area contributed by atoms with Crippen LogP contribution in [0, 0.1) is 5.92 Å². The Morgan fingerprint density at radius 2 is 1.74 bits per heavy atom. The Kier molecular flexibility index (Phi) is 4.98. The van der Waals surface area contributed by atoms with Crippen LogP contribution in [0.15, 0.2) is 47.4 Å². The fourth-order valence-corrected chi connectivity index (χ4v) is 4.48. The zero-order valence-electron chi connectivity index (χ0n) is 15.7. The molecule has 2 aliphatic rings. The summed E-state index contributed by atoms with van der Waals surface area (Å²) >= 11 is 0. The molecule has 0 amide bonds. The highest BCUT2D eigenvalue weighted by molar-refractivity contribution is 5.97. The fraction of sp³-hybridized carbons (Fsp3) is 0.455. The van der Waals surface area contributed by atoms with E-state index in [2.05, 4.69) is 23.1 Å². The maximum absolute atomic E-state index is 12.8. The molecule has 2 heterocycles. The number of fused-ring (bicyclic) bond motifs is 1. The Morgan fingerprint density at radius 3 is 2.41 bits per heavy atom. The molecular formula is C22H26N2O3. The van der Waals surface area contributed by atoms with Gasteiger partial charge >= 0.3 is 0 Å². The Balaban J connectivity index is 1.41. The maximum Gasteiger partial charge on any atom is 0.250 e. The van der Waals surface area contributed by atoms with Gasteiger partial charge in [0.05, 0.1) is 6.10 Å². The number of carbonyl (C=O) groups excluding carboxylic acids is 1. The second-order valence-corrected chi connectivity index (χ2v) is 7.85. The standard InChI is InChI=1S/C22H26N2O3/c1-23-9-6-18(14-21(23)26)22(27)15-7-10-24(11-8-15)19-12-16-4-2-3-5-17(16)13-20(19)25/h2-6,9,14-15,19-20,25H,7-8,10-13H2,1H3. The molecule has 2 unspecified atom stereocenters. The molecule has 0 radical (unpaired) electrons. The first kappa shape index (κ1) is 18.1. The lowest BCUT2D eigenvalue weighted by Gasteiger charge is -2.41. The summed E-state index contributed by atoms with van der Waals surface area (Å²) in [6, 6.07) is 11.6. The van der Waals surface area contributed by atoms with E-state index >= 15 is 0 Å². The van der Waals surface area contributed by atoms with E-state index in [4.69, 9.17) is 0 Å². The number of hydrogen-bond donors (Lipinski definition) is 1. The largest absolute Gasteiger partial charge is 0.391 e. The second kappa shape index (κ2) is 7.41. The summed E-state index contributed by atoms with van der Waals surface area (Å²) in [5, 5.41) is 10.6. The number of aromatic nitrogens is 1. The molecule has 1 fully saturated rings. The van der Waals surface area contributed by atoms with Gasteiger partial charge < -0.3 is 9.67 Å². The third-order valence-corrected chi connectivity index (χ3v) is 6.18. The number of aliphatic hydroxyl groups is 1. The van der Waals surface area contributed by atoms with Gasteiger partial charge in [0.25, 0.3) is 5.56 Å². The van der Waals surface area contributed by atoms with E-state index in [1.54, 1.807) is 19.3 Å². The van der Waals surface area contributed by atoms with Gasteiger partial charge in [-0.05, 0) is 49.5 Å². The first-order valence-corrected chi connectivity index (χ1v) is 9.72. The van der Waals surface area contributed by atoms with Gasteiger partial charge in [-0.3, -0.25) is 14.5 Å². The summed E-state index contributed by atoms with van der Waals surface area (Å²) in [6.45, 7) is 1.62. The van der Waals surface area contributed by atoms with Crippen molar-refractivity contribution < 1.29 is 9.90 Å². The molecule has 27 heavy (non-hydrogen) atoms. The molecule has 1 N–H and O–H groups in total. The summed E-state index contributed by atoms with van der Waals surface area (Å²) < 4.78 is 1.47. The van der Waals surface area contributed by atoms with E-state index in [0.29, 0.717) is 12.0 Å². The first-order chi connectivity index (χ1) is 13.0. The molecule has 5 nitrogen and oxygen atoms in total. The summed E-state index contributed by atoms with van der Waals surface area (Å²) in [5.74, 6) is 0.0308. The van der Waals surface area contributed by atoms with Gasteiger partial charge in [0.15, 0.2) is 5.78 Å². The van der Waals surface area contributed by atoms with Gasteiger partial charge in [-0.15, -0.1) is 0 Å². The van der Waals surface area contributed by atoms with Crippen LogP contribution < -0.4 is 5.56 Å². The highest BCUT2D eigenvalue weighted by Crippen LogP contribution is 2.29. The summed E-state index contributed by atoms with van der Waals surface area (Å²) in [5.41, 5.74) is 2.94. The molecule has 4 rings (SSSR count). The monoisotopic (exact) mass is 366 g/mol. The number of benzene rings is 1. The number of aryl methyl sites for hydroxylation is 1. The smallest absolute Gasteiger partial charge is 0.250 e. The van der Waals surface area contributed by atoms with Crippen molar-refractivity contribution in [3.63, 3.8) is 0 Å². The molecule has 1 aliphatic heterocycles. The molecule has 1 aromatic carbocycles. The van der Waals surface area contributed by atoms with Crippen molar-refractivity contribution in [2.24, 2.45) is 13.0 Å². The van der Waals surface area contributed by atoms with Crippen LogP contribution in [0.5, 0.6) is 0 Å². The number of pyridine rings is 1. The Labute approximate surface area is 159 Å². The number of ketones is 1. The summed E-state index contributed by atoms with van der Waals surface area (Å²) in [6.07, 6.45) is 4.42. The van der Waals surface area contributed by atoms with E-state index < -0.39 is 0 Å². The molecule has 5 heteroatoms. The number of aliphatic hydroxyl groups excluding tert-OH is 1. The van der Waals surface area contributed by atoms with E-state index in [0.717, 1.165) is 32.4 Å². The molecule has 0 spiro atoms. The van der Waals surface area contributed by atoms with Crippen LogP contribution >= 0.6 is 0 Å². The average molecular weight is 366 g/mol. The molecular weight excluding hydrogens is 340 g/mol. The predicted octanol–water partition coefficient (Wildman–Crippen LogP) is 1.81. The normalized spacial score (nSPS) is 23.8. The van der Waals surface area contributed by atoms with Gasteiger partial charge in [-0.2, -0.15) is 0 Å². The SMILES string of the molecule is Cn1ccc(C(=O)C2CCN(C3Cc4ccccc4CC3O)CC2)cc1=O. The van der Waals surface area contributed by atoms with Gasteiger partial charge in [0.1, 0.15) is 0 Å². The predicted molar refractivity (Wildman–Crippen MR) is 104 cm³/mol. The maximum atomic E-state index is 12.8. The lowest BCUT2D eigenvalue weighted by molar-refractivity contribution is 0.0239. The molecule has 1 aliphatic carbocycles. The molecule has 1 saturated heterocycles. The van der Waals surface area contributed by atoms with E-state index in [1.807, 2.05) is 6.07 Å². The van der Waals surface area contributed by atoms with Gasteiger partial charge in [-0.25, -0.2) is 0 Å². The van der Waals surface area contributed by atoms with Crippen molar-refractivity contribution in [1.82, 2.24) is 9.47 Å². The third kappa shape index (κ3) is 3.62. The Morgan fingerprint density at radius 1 is 1.07 bits per heavy atom. The summed E-state index contributed by atoms with van der Waals surface area (Å²) in [7, 11) is 1.68. The minimum Gasteiger partial charge on any atom is -0.391 e. The minimum absolute atomic E-state index is 0.0404. The van der Waals surface area contributed by atoms with Crippen LogP contribution in [0.2, 0.25) is 0 Å². The van der Waals surface area contributed by atoms with Crippen LogP contribution in [-0.2, 0) is 19.9 Å². The molecule has 142 valence electrons. The van der Waals surface area contributed by atoms with E-state index in [9.17, 15) is 14.7 Å². The highest BCUT2D eigenvalue weighted by atomic mass is 16.3. The Hall–Kier alpha value is -2.24. The van der Waals surface area contributed by atoms with Gasteiger partial charge in [-0.1, -0.05) is 24.3 Å². The summed E-state index contributed by atoms with van der Waals surface area (Å²) in [4.78, 5) is 26.9. The zero-order valence-corrected chi connectivity index (χ0v) is 15.7. The number of Topliss-reactive ketones (excluding diaryl/α,β-unsaturated/α-hetero) is 1. The van der Waals surface area contributed by atoms with Crippen LogP contribution in [-0.4, -0.2) is 45.6 Å². The van der Waals surface area contributed by atoms with Crippen molar-refractivity contribution >= 4 is 5.78 Å². The Bertz CT molecular complexity index is 896. The van der Waals surface area contributed by atoms with E-state index in [1.165, 1.54) is 21.8 Å². The van der Waals surface area contributed by atoms with Gasteiger partial charge in [0, 0.05) is 43.3 Å². The molecule has 0 saturated carbocycles. The van der Waals surface area contributed by atoms with Crippen LogP contribution in [0.25, 0.3) is 0 Å². The quantitative estimate of drug-likeness (QED) is 0.842. The fourth-order valence-electron chi connectivity index (χ4n) is 4.48. The molecule has 0 bridgehead atoms.